The van der Waals surface area contributed by atoms with Crippen LogP contribution in [0.1, 0.15) is 38.3 Å². The second-order valence-corrected chi connectivity index (χ2v) is 8.47. The number of aromatic nitrogens is 3. The molecule has 1 unspecified atom stereocenters. The van der Waals surface area contributed by atoms with Gasteiger partial charge in [0.1, 0.15) is 6.07 Å². The van der Waals surface area contributed by atoms with E-state index in [9.17, 15) is 14.4 Å². The summed E-state index contributed by atoms with van der Waals surface area (Å²) >= 11 is 1.24. The van der Waals surface area contributed by atoms with Crippen LogP contribution in [0.3, 0.4) is 0 Å². The minimum absolute atomic E-state index is 0.0958. The van der Waals surface area contributed by atoms with E-state index < -0.39 is 11.9 Å². The topological polar surface area (TPSA) is 92.8 Å². The summed E-state index contributed by atoms with van der Waals surface area (Å²) in [6, 6.07) is 15.1. The van der Waals surface area contributed by atoms with Crippen molar-refractivity contribution in [3.05, 3.63) is 65.7 Å². The van der Waals surface area contributed by atoms with E-state index in [0.29, 0.717) is 34.7 Å². The molecule has 0 saturated carbocycles. The predicted octanol–water partition coefficient (Wildman–Crippen LogP) is 4.82. The third-order valence-electron chi connectivity index (χ3n) is 4.45. The van der Waals surface area contributed by atoms with Crippen LogP contribution in [0.5, 0.6) is 5.75 Å². The molecule has 3 aromatic rings. The standard InChI is InChI=1S/C23H24FN5O2S/c1-15(2)13-29-22(16(3)31-20-11-7-5-9-18(20)24)27-28-23(29)32-14-21(30)26-19-10-6-4-8-17(19)12-25/h4-11,15-16H,13-14H2,1-3H3,(H,26,30). The van der Waals surface area contributed by atoms with Crippen LogP contribution in [0.2, 0.25) is 0 Å². The average molecular weight is 454 g/mol. The van der Waals surface area contributed by atoms with Crippen LogP contribution in [0.25, 0.3) is 0 Å². The van der Waals surface area contributed by atoms with E-state index in [1.54, 1.807) is 49.4 Å². The number of benzene rings is 2. The summed E-state index contributed by atoms with van der Waals surface area (Å²) in [4.78, 5) is 12.4. The number of nitrogens with one attached hydrogen (secondary N) is 1. The number of nitriles is 1. The van der Waals surface area contributed by atoms with Gasteiger partial charge in [-0.25, -0.2) is 4.39 Å². The maximum atomic E-state index is 14.0. The van der Waals surface area contributed by atoms with Gasteiger partial charge in [-0.05, 0) is 37.1 Å². The van der Waals surface area contributed by atoms with Crippen LogP contribution in [-0.4, -0.2) is 26.4 Å². The minimum Gasteiger partial charge on any atom is -0.480 e. The highest BCUT2D eigenvalue weighted by Crippen LogP contribution is 2.27. The van der Waals surface area contributed by atoms with E-state index in [1.165, 1.54) is 17.8 Å². The largest absolute Gasteiger partial charge is 0.480 e. The summed E-state index contributed by atoms with van der Waals surface area (Å²) in [6.45, 7) is 6.53. The van der Waals surface area contributed by atoms with Crippen LogP contribution in [-0.2, 0) is 11.3 Å². The molecule has 0 aliphatic heterocycles. The first-order valence-electron chi connectivity index (χ1n) is 10.1. The van der Waals surface area contributed by atoms with E-state index >= 15 is 0 Å². The van der Waals surface area contributed by atoms with Crippen molar-refractivity contribution in [2.45, 2.75) is 38.6 Å². The second kappa shape index (κ2) is 10.8. The first kappa shape index (κ1) is 23.3. The number of amides is 1. The van der Waals surface area contributed by atoms with Gasteiger partial charge >= 0.3 is 0 Å². The molecule has 1 atom stereocenters. The Labute approximate surface area is 190 Å². The number of thioether (sulfide) groups is 1. The lowest BCUT2D eigenvalue weighted by molar-refractivity contribution is -0.113. The van der Waals surface area contributed by atoms with Gasteiger partial charge in [-0.3, -0.25) is 4.79 Å². The number of halogens is 1. The van der Waals surface area contributed by atoms with Crippen LogP contribution >= 0.6 is 11.8 Å². The molecule has 166 valence electrons. The van der Waals surface area contributed by atoms with Crippen LogP contribution in [0, 0.1) is 23.1 Å². The van der Waals surface area contributed by atoms with Gasteiger partial charge in [0.05, 0.1) is 17.0 Å². The molecule has 32 heavy (non-hydrogen) atoms. The number of hydrogen-bond donors (Lipinski definition) is 1. The Balaban J connectivity index is 1.72. The molecule has 0 radical (unpaired) electrons. The molecule has 7 nitrogen and oxygen atoms in total. The van der Waals surface area contributed by atoms with Gasteiger partial charge in [0.2, 0.25) is 5.91 Å². The Morgan fingerprint density at radius 2 is 1.91 bits per heavy atom. The molecule has 0 spiro atoms. The van der Waals surface area contributed by atoms with Gasteiger partial charge in [-0.1, -0.05) is 49.9 Å². The maximum absolute atomic E-state index is 14.0. The number of para-hydroxylation sites is 2. The van der Waals surface area contributed by atoms with E-state index in [0.717, 1.165) is 0 Å². The quantitative estimate of drug-likeness (QED) is 0.467. The van der Waals surface area contributed by atoms with Gasteiger partial charge in [-0.2, -0.15) is 5.26 Å². The van der Waals surface area contributed by atoms with Gasteiger partial charge in [0.15, 0.2) is 28.7 Å². The Kier molecular flexibility index (Phi) is 7.84. The molecule has 3 rings (SSSR count). The van der Waals surface area contributed by atoms with Crippen molar-refractivity contribution in [1.82, 2.24) is 14.8 Å². The fourth-order valence-corrected chi connectivity index (χ4v) is 3.79. The number of rotatable bonds is 9. The van der Waals surface area contributed by atoms with Gasteiger partial charge in [0, 0.05) is 6.54 Å². The van der Waals surface area contributed by atoms with Crippen molar-refractivity contribution >= 4 is 23.4 Å². The molecule has 9 heteroatoms. The van der Waals surface area contributed by atoms with Gasteiger partial charge in [-0.15, -0.1) is 10.2 Å². The average Bonchev–Trinajstić information content (AvgIpc) is 3.16. The first-order valence-corrected chi connectivity index (χ1v) is 11.1. The van der Waals surface area contributed by atoms with Crippen molar-refractivity contribution in [3.63, 3.8) is 0 Å². The molecule has 0 aliphatic rings. The van der Waals surface area contributed by atoms with Crippen molar-refractivity contribution in [1.29, 1.82) is 5.26 Å². The number of anilines is 1. The summed E-state index contributed by atoms with van der Waals surface area (Å²) in [5.41, 5.74) is 0.868. The Bertz CT molecular complexity index is 1130. The predicted molar refractivity (Wildman–Crippen MR) is 121 cm³/mol. The highest BCUT2D eigenvalue weighted by atomic mass is 32.2. The Morgan fingerprint density at radius 1 is 1.19 bits per heavy atom. The molecule has 0 aliphatic carbocycles. The molecule has 1 amide bonds. The molecule has 1 heterocycles. The maximum Gasteiger partial charge on any atom is 0.234 e. The van der Waals surface area contributed by atoms with Crippen LogP contribution < -0.4 is 10.1 Å². The van der Waals surface area contributed by atoms with E-state index in [2.05, 4.69) is 35.4 Å². The monoisotopic (exact) mass is 453 g/mol. The second-order valence-electron chi connectivity index (χ2n) is 7.53. The molecule has 1 N–H and O–H groups in total. The lowest BCUT2D eigenvalue weighted by Crippen LogP contribution is -2.17. The zero-order valence-electron chi connectivity index (χ0n) is 18.1. The fourth-order valence-electron chi connectivity index (χ4n) is 3.03. The Morgan fingerprint density at radius 3 is 2.62 bits per heavy atom. The van der Waals surface area contributed by atoms with Crippen LogP contribution in [0.15, 0.2) is 53.7 Å². The SMILES string of the molecule is CC(C)Cn1c(SCC(=O)Nc2ccccc2C#N)nnc1C(C)Oc1ccccc1F. The zero-order valence-corrected chi connectivity index (χ0v) is 18.9. The molecule has 0 bridgehead atoms. The molecule has 0 fully saturated rings. The molecular weight excluding hydrogens is 429 g/mol. The molecular formula is C23H24FN5O2S. The van der Waals surface area contributed by atoms with Crippen molar-refractivity contribution in [3.8, 4) is 11.8 Å². The lowest BCUT2D eigenvalue weighted by Gasteiger charge is -2.18. The third-order valence-corrected chi connectivity index (χ3v) is 5.42. The summed E-state index contributed by atoms with van der Waals surface area (Å²) in [5, 5.41) is 21.0. The van der Waals surface area contributed by atoms with Crippen molar-refractivity contribution in [2.75, 3.05) is 11.1 Å². The number of ether oxygens (including phenoxy) is 1. The van der Waals surface area contributed by atoms with Crippen molar-refractivity contribution < 1.29 is 13.9 Å². The van der Waals surface area contributed by atoms with Gasteiger partial charge in [0.25, 0.3) is 0 Å². The van der Waals surface area contributed by atoms with Crippen molar-refractivity contribution in [2.24, 2.45) is 5.92 Å². The molecule has 0 saturated heterocycles. The number of carbonyl (C=O) groups is 1. The molecule has 2 aromatic carbocycles. The first-order chi connectivity index (χ1) is 15.4. The van der Waals surface area contributed by atoms with Crippen LogP contribution in [0.4, 0.5) is 10.1 Å². The molecule has 1 aromatic heterocycles. The van der Waals surface area contributed by atoms with E-state index in [1.807, 2.05) is 4.57 Å². The summed E-state index contributed by atoms with van der Waals surface area (Å²) in [6.07, 6.45) is -0.538. The minimum atomic E-state index is -0.538. The summed E-state index contributed by atoms with van der Waals surface area (Å²) < 4.78 is 21.7. The third kappa shape index (κ3) is 5.86. The number of hydrogen-bond acceptors (Lipinski definition) is 6. The highest BCUT2D eigenvalue weighted by molar-refractivity contribution is 7.99. The van der Waals surface area contributed by atoms with E-state index in [-0.39, 0.29) is 17.4 Å². The fraction of sp³-hybridized carbons (Fsp3) is 0.304. The Hall–Kier alpha value is -3.38. The number of carbonyl (C=O) groups excluding carboxylic acids is 1. The smallest absolute Gasteiger partial charge is 0.234 e. The van der Waals surface area contributed by atoms with E-state index in [4.69, 9.17) is 4.74 Å². The lowest BCUT2D eigenvalue weighted by atomic mass is 10.2. The zero-order chi connectivity index (χ0) is 23.1. The number of nitrogens with zero attached hydrogens (tertiary/aromatic N) is 4. The normalized spacial score (nSPS) is 11.8. The summed E-state index contributed by atoms with van der Waals surface area (Å²) in [5.74, 6) is 0.384. The summed E-state index contributed by atoms with van der Waals surface area (Å²) in [7, 11) is 0. The van der Waals surface area contributed by atoms with Gasteiger partial charge < -0.3 is 14.6 Å². The highest BCUT2D eigenvalue weighted by Gasteiger charge is 2.22.